The minimum absolute atomic E-state index is 0.0395. The summed E-state index contributed by atoms with van der Waals surface area (Å²) in [5.74, 6) is -0.311. The molecular formula is C22H18O5S. The molecule has 0 unspecified atom stereocenters. The smallest absolute Gasteiger partial charge is 0.343 e. The number of carbonyl (C=O) groups excluding carboxylic acids is 1. The van der Waals surface area contributed by atoms with Crippen LogP contribution in [0.3, 0.4) is 0 Å². The van der Waals surface area contributed by atoms with Gasteiger partial charge in [-0.2, -0.15) is 8.42 Å². The number of carbonyl (C=O) groups is 1. The number of rotatable bonds is 6. The number of ether oxygens (including phenoxy) is 1. The standard InChI is InChI=1S/C22H18O5S/c1-2-21(17-10-5-3-6-11-17)22(23)26-18-12-9-13-19(16-18)27-28(24,25)20-14-7-4-8-15-20/h2-16H,1H3. The van der Waals surface area contributed by atoms with Crippen molar-refractivity contribution >= 4 is 21.7 Å². The van der Waals surface area contributed by atoms with Crippen molar-refractivity contribution < 1.29 is 22.1 Å². The minimum atomic E-state index is -3.97. The average molecular weight is 394 g/mol. The fourth-order valence-corrected chi connectivity index (χ4v) is 3.48. The molecule has 0 aromatic heterocycles. The van der Waals surface area contributed by atoms with Gasteiger partial charge in [-0.25, -0.2) is 4.79 Å². The van der Waals surface area contributed by atoms with Crippen molar-refractivity contribution in [2.75, 3.05) is 0 Å². The highest BCUT2D eigenvalue weighted by molar-refractivity contribution is 7.87. The van der Waals surface area contributed by atoms with Crippen LogP contribution in [-0.4, -0.2) is 14.4 Å². The minimum Gasteiger partial charge on any atom is -0.423 e. The van der Waals surface area contributed by atoms with E-state index in [2.05, 4.69) is 0 Å². The van der Waals surface area contributed by atoms with E-state index in [0.29, 0.717) is 5.57 Å². The molecule has 0 saturated carbocycles. The molecule has 0 heterocycles. The molecule has 3 aromatic carbocycles. The number of hydrogen-bond acceptors (Lipinski definition) is 5. The fourth-order valence-electron chi connectivity index (χ4n) is 2.53. The van der Waals surface area contributed by atoms with Crippen LogP contribution in [0.4, 0.5) is 0 Å². The second kappa shape index (κ2) is 8.54. The van der Waals surface area contributed by atoms with Gasteiger partial charge in [-0.15, -0.1) is 0 Å². The second-order valence-corrected chi connectivity index (χ2v) is 7.33. The summed E-state index contributed by atoms with van der Waals surface area (Å²) < 4.78 is 35.2. The molecule has 28 heavy (non-hydrogen) atoms. The van der Waals surface area contributed by atoms with Gasteiger partial charge >= 0.3 is 16.1 Å². The third kappa shape index (κ3) is 4.66. The van der Waals surface area contributed by atoms with Crippen LogP contribution in [0.2, 0.25) is 0 Å². The van der Waals surface area contributed by atoms with Crippen molar-refractivity contribution in [3.05, 3.63) is 96.6 Å². The first kappa shape index (κ1) is 19.4. The summed E-state index contributed by atoms with van der Waals surface area (Å²) in [5, 5.41) is 0. The second-order valence-electron chi connectivity index (χ2n) is 5.78. The lowest BCUT2D eigenvalue weighted by molar-refractivity contribution is -0.127. The van der Waals surface area contributed by atoms with Crippen molar-refractivity contribution in [1.29, 1.82) is 0 Å². The molecule has 0 aliphatic carbocycles. The van der Waals surface area contributed by atoms with Crippen molar-refractivity contribution in [1.82, 2.24) is 0 Å². The number of allylic oxidation sites excluding steroid dienone is 1. The zero-order valence-electron chi connectivity index (χ0n) is 15.1. The lowest BCUT2D eigenvalue weighted by Gasteiger charge is -2.10. The third-order valence-electron chi connectivity index (χ3n) is 3.85. The molecule has 0 atom stereocenters. The molecular weight excluding hydrogens is 376 g/mol. The van der Waals surface area contributed by atoms with E-state index in [0.717, 1.165) is 5.56 Å². The normalized spacial score (nSPS) is 11.7. The Kier molecular flexibility index (Phi) is 5.91. The van der Waals surface area contributed by atoms with E-state index < -0.39 is 16.1 Å². The third-order valence-corrected chi connectivity index (χ3v) is 5.11. The molecule has 0 bridgehead atoms. The van der Waals surface area contributed by atoms with Crippen LogP contribution in [0.5, 0.6) is 11.5 Å². The van der Waals surface area contributed by atoms with Crippen LogP contribution in [0.25, 0.3) is 5.57 Å². The Morgan fingerprint density at radius 1 is 0.821 bits per heavy atom. The van der Waals surface area contributed by atoms with Crippen molar-refractivity contribution in [3.63, 3.8) is 0 Å². The van der Waals surface area contributed by atoms with Gasteiger partial charge in [-0.05, 0) is 36.8 Å². The van der Waals surface area contributed by atoms with Crippen molar-refractivity contribution in [3.8, 4) is 11.5 Å². The number of esters is 1. The lowest BCUT2D eigenvalue weighted by Crippen LogP contribution is -2.11. The van der Waals surface area contributed by atoms with E-state index in [9.17, 15) is 13.2 Å². The molecule has 0 fully saturated rings. The summed E-state index contributed by atoms with van der Waals surface area (Å²) in [6, 6.07) is 22.9. The van der Waals surface area contributed by atoms with E-state index in [1.807, 2.05) is 30.3 Å². The summed E-state index contributed by atoms with van der Waals surface area (Å²) in [7, 11) is -3.97. The predicted molar refractivity (Wildman–Crippen MR) is 106 cm³/mol. The van der Waals surface area contributed by atoms with Crippen LogP contribution in [0, 0.1) is 0 Å². The molecule has 0 aliphatic rings. The highest BCUT2D eigenvalue weighted by atomic mass is 32.2. The van der Waals surface area contributed by atoms with E-state index >= 15 is 0 Å². The van der Waals surface area contributed by atoms with Gasteiger partial charge in [0.25, 0.3) is 0 Å². The van der Waals surface area contributed by atoms with Gasteiger partial charge in [0.2, 0.25) is 0 Å². The van der Waals surface area contributed by atoms with Crippen molar-refractivity contribution in [2.24, 2.45) is 0 Å². The maximum absolute atomic E-state index is 12.5. The molecule has 0 spiro atoms. The van der Waals surface area contributed by atoms with Crippen LogP contribution in [-0.2, 0) is 14.9 Å². The first-order valence-corrected chi connectivity index (χ1v) is 9.94. The predicted octanol–water partition coefficient (Wildman–Crippen LogP) is 4.46. The lowest BCUT2D eigenvalue weighted by atomic mass is 10.1. The molecule has 0 radical (unpaired) electrons. The van der Waals surface area contributed by atoms with E-state index in [1.54, 1.807) is 43.3 Å². The first-order valence-electron chi connectivity index (χ1n) is 8.53. The van der Waals surface area contributed by atoms with Gasteiger partial charge in [-0.3, -0.25) is 0 Å². The quantitative estimate of drug-likeness (QED) is 0.267. The molecule has 0 N–H and O–H groups in total. The van der Waals surface area contributed by atoms with Crippen LogP contribution in [0.15, 0.2) is 95.9 Å². The van der Waals surface area contributed by atoms with Crippen LogP contribution >= 0.6 is 0 Å². The van der Waals surface area contributed by atoms with Gasteiger partial charge in [-0.1, -0.05) is 60.7 Å². The Labute approximate surface area is 164 Å². The molecule has 3 aromatic rings. The summed E-state index contributed by atoms with van der Waals surface area (Å²) in [4.78, 5) is 12.6. The maximum atomic E-state index is 12.5. The van der Waals surface area contributed by atoms with E-state index in [-0.39, 0.29) is 16.4 Å². The SMILES string of the molecule is CC=C(C(=O)Oc1cccc(OS(=O)(=O)c2ccccc2)c1)c1ccccc1. The molecule has 6 heteroatoms. The molecule has 0 aliphatic heterocycles. The zero-order valence-corrected chi connectivity index (χ0v) is 15.9. The number of hydrogen-bond donors (Lipinski definition) is 0. The van der Waals surface area contributed by atoms with Gasteiger partial charge in [0.15, 0.2) is 0 Å². The first-order chi connectivity index (χ1) is 13.5. The Balaban J connectivity index is 1.77. The Bertz CT molecular complexity index is 1090. The number of benzene rings is 3. The Hall–Kier alpha value is -3.38. The molecule has 142 valence electrons. The zero-order chi connectivity index (χ0) is 20.0. The molecule has 0 saturated heterocycles. The van der Waals surface area contributed by atoms with Crippen LogP contribution < -0.4 is 8.92 Å². The topological polar surface area (TPSA) is 69.7 Å². The van der Waals surface area contributed by atoms with E-state index in [1.165, 1.54) is 24.3 Å². The Morgan fingerprint density at radius 2 is 1.43 bits per heavy atom. The molecule has 3 rings (SSSR count). The van der Waals surface area contributed by atoms with Gasteiger partial charge < -0.3 is 8.92 Å². The summed E-state index contributed by atoms with van der Waals surface area (Å²) in [6.07, 6.45) is 1.66. The summed E-state index contributed by atoms with van der Waals surface area (Å²) in [6.45, 7) is 1.75. The Morgan fingerprint density at radius 3 is 2.07 bits per heavy atom. The van der Waals surface area contributed by atoms with Crippen molar-refractivity contribution in [2.45, 2.75) is 11.8 Å². The van der Waals surface area contributed by atoms with Gasteiger partial charge in [0, 0.05) is 6.07 Å². The van der Waals surface area contributed by atoms with Gasteiger partial charge in [0.1, 0.15) is 16.4 Å². The summed E-state index contributed by atoms with van der Waals surface area (Å²) >= 11 is 0. The molecule has 5 nitrogen and oxygen atoms in total. The average Bonchev–Trinajstić information content (AvgIpc) is 2.70. The largest absolute Gasteiger partial charge is 0.423 e. The highest BCUT2D eigenvalue weighted by Crippen LogP contribution is 2.25. The fraction of sp³-hybridized carbons (Fsp3) is 0.0455. The van der Waals surface area contributed by atoms with E-state index in [4.69, 9.17) is 8.92 Å². The maximum Gasteiger partial charge on any atom is 0.343 e. The molecule has 0 amide bonds. The summed E-state index contributed by atoms with van der Waals surface area (Å²) in [5.41, 5.74) is 1.14. The van der Waals surface area contributed by atoms with Crippen LogP contribution in [0.1, 0.15) is 12.5 Å². The highest BCUT2D eigenvalue weighted by Gasteiger charge is 2.18. The monoisotopic (exact) mass is 394 g/mol. The van der Waals surface area contributed by atoms with Gasteiger partial charge in [0.05, 0.1) is 5.57 Å².